The quantitative estimate of drug-likeness (QED) is 0.652. The summed E-state index contributed by atoms with van der Waals surface area (Å²) in [6.07, 6.45) is 0. The van der Waals surface area contributed by atoms with Gasteiger partial charge in [0.05, 0.1) is 4.90 Å². The van der Waals surface area contributed by atoms with Crippen LogP contribution in [0.2, 0.25) is 0 Å². The van der Waals surface area contributed by atoms with E-state index in [-0.39, 0.29) is 0 Å². The summed E-state index contributed by atoms with van der Waals surface area (Å²) in [5.74, 6) is 1.46. The van der Waals surface area contributed by atoms with Crippen LogP contribution < -0.4 is 4.74 Å². The normalized spacial score (nSPS) is 13.8. The van der Waals surface area contributed by atoms with Gasteiger partial charge in [0.1, 0.15) is 11.7 Å². The van der Waals surface area contributed by atoms with E-state index in [9.17, 15) is 4.79 Å². The Hall–Kier alpha value is -0.670. The van der Waals surface area contributed by atoms with Gasteiger partial charge in [-0.1, -0.05) is 11.8 Å². The molecule has 1 aromatic rings. The molecule has 0 radical (unpaired) electrons. The van der Waals surface area contributed by atoms with Crippen LogP contribution in [0.25, 0.3) is 0 Å². The highest BCUT2D eigenvalue weighted by Gasteiger charge is 2.14. The van der Waals surface area contributed by atoms with Crippen LogP contribution in [0.5, 0.6) is 5.75 Å². The molecule has 2 rings (SSSR count). The molecule has 0 bridgehead atoms. The van der Waals surface area contributed by atoms with Gasteiger partial charge in [-0.2, -0.15) is 0 Å². The summed E-state index contributed by atoms with van der Waals surface area (Å²) in [5, 5.41) is -0.426. The van der Waals surface area contributed by atoms with Crippen LogP contribution in [0.15, 0.2) is 23.1 Å². The van der Waals surface area contributed by atoms with E-state index in [1.165, 1.54) is 0 Å². The zero-order valence-electron chi connectivity index (χ0n) is 6.04. The zero-order chi connectivity index (χ0) is 8.55. The monoisotopic (exact) mass is 200 g/mol. The Morgan fingerprint density at radius 3 is 3.17 bits per heavy atom. The van der Waals surface area contributed by atoms with E-state index in [1.807, 2.05) is 0 Å². The van der Waals surface area contributed by atoms with Gasteiger partial charge in [-0.3, -0.25) is 4.79 Å². The fraction of sp³-hybridized carbons (Fsp3) is 0.125. The van der Waals surface area contributed by atoms with E-state index in [0.29, 0.717) is 11.5 Å². The second-order valence-electron chi connectivity index (χ2n) is 2.34. The van der Waals surface area contributed by atoms with Gasteiger partial charge in [-0.05, 0) is 29.8 Å². The summed E-state index contributed by atoms with van der Waals surface area (Å²) < 4.78 is 5.24. The van der Waals surface area contributed by atoms with E-state index >= 15 is 0 Å². The molecule has 0 aliphatic carbocycles. The van der Waals surface area contributed by atoms with Crippen molar-refractivity contribution in [3.8, 4) is 5.75 Å². The number of fused-ring (bicyclic) bond motifs is 1. The van der Waals surface area contributed by atoms with Crippen molar-refractivity contribution < 1.29 is 9.53 Å². The summed E-state index contributed by atoms with van der Waals surface area (Å²) in [6.45, 7) is 0. The molecule has 1 aliphatic rings. The fourth-order valence-corrected chi connectivity index (χ4v) is 1.93. The Morgan fingerprint density at radius 1 is 1.58 bits per heavy atom. The molecule has 0 saturated heterocycles. The number of carbonyl (C=O) groups excluding carboxylic acids is 1. The van der Waals surface area contributed by atoms with Crippen LogP contribution in [-0.4, -0.2) is 11.2 Å². The van der Waals surface area contributed by atoms with E-state index in [4.69, 9.17) is 16.3 Å². The molecule has 2 nitrogen and oxygen atoms in total. The predicted octanol–water partition coefficient (Wildman–Crippen LogP) is 2.51. The molecule has 0 N–H and O–H groups in total. The molecule has 12 heavy (non-hydrogen) atoms. The highest BCUT2D eigenvalue weighted by Crippen LogP contribution is 2.36. The van der Waals surface area contributed by atoms with Crippen LogP contribution in [0, 0.1) is 0 Å². The van der Waals surface area contributed by atoms with Gasteiger partial charge in [0, 0.05) is 5.56 Å². The Morgan fingerprint density at radius 2 is 2.42 bits per heavy atom. The summed E-state index contributed by atoms with van der Waals surface area (Å²) in [4.78, 5) is 11.7. The molecule has 0 unspecified atom stereocenters. The van der Waals surface area contributed by atoms with Crippen molar-refractivity contribution >= 4 is 28.6 Å². The van der Waals surface area contributed by atoms with Gasteiger partial charge < -0.3 is 4.74 Å². The molecule has 4 heteroatoms. The molecular formula is C8H5ClO2S. The van der Waals surface area contributed by atoms with E-state index in [0.717, 1.165) is 10.6 Å². The lowest BCUT2D eigenvalue weighted by Crippen LogP contribution is -1.88. The van der Waals surface area contributed by atoms with Gasteiger partial charge in [0.2, 0.25) is 0 Å². The van der Waals surface area contributed by atoms with Gasteiger partial charge in [0.15, 0.2) is 0 Å². The standard InChI is InChI=1S/C8H5ClO2S/c9-8(10)5-1-2-6-7(3-5)12-4-11-6/h1-3H,4H2. The third kappa shape index (κ3) is 1.30. The van der Waals surface area contributed by atoms with Crippen molar-refractivity contribution in [2.24, 2.45) is 0 Å². The van der Waals surface area contributed by atoms with Crippen molar-refractivity contribution in [1.82, 2.24) is 0 Å². The lowest BCUT2D eigenvalue weighted by atomic mass is 10.2. The molecule has 1 aliphatic heterocycles. The number of hydrogen-bond donors (Lipinski definition) is 0. The Kier molecular flexibility index (Phi) is 1.98. The first kappa shape index (κ1) is 7.95. The number of halogens is 1. The summed E-state index contributed by atoms with van der Waals surface area (Å²) in [7, 11) is 0. The van der Waals surface area contributed by atoms with Gasteiger partial charge in [-0.25, -0.2) is 0 Å². The van der Waals surface area contributed by atoms with Crippen LogP contribution in [0.3, 0.4) is 0 Å². The number of thioether (sulfide) groups is 1. The maximum Gasteiger partial charge on any atom is 0.252 e. The number of rotatable bonds is 1. The first-order valence-corrected chi connectivity index (χ1v) is 4.73. The fourth-order valence-electron chi connectivity index (χ4n) is 1.02. The third-order valence-corrected chi connectivity index (χ3v) is 2.68. The number of ether oxygens (including phenoxy) is 1. The predicted molar refractivity (Wildman–Crippen MR) is 48.0 cm³/mol. The lowest BCUT2D eigenvalue weighted by Gasteiger charge is -1.97. The third-order valence-electron chi connectivity index (χ3n) is 1.60. The van der Waals surface area contributed by atoms with Crippen molar-refractivity contribution in [3.63, 3.8) is 0 Å². The lowest BCUT2D eigenvalue weighted by molar-refractivity contribution is 0.108. The number of carbonyl (C=O) groups is 1. The van der Waals surface area contributed by atoms with Crippen LogP contribution in [0.1, 0.15) is 10.4 Å². The largest absolute Gasteiger partial charge is 0.481 e. The first-order chi connectivity index (χ1) is 5.77. The zero-order valence-corrected chi connectivity index (χ0v) is 7.61. The molecular weight excluding hydrogens is 196 g/mol. The number of benzene rings is 1. The minimum atomic E-state index is -0.426. The smallest absolute Gasteiger partial charge is 0.252 e. The second kappa shape index (κ2) is 2.99. The van der Waals surface area contributed by atoms with Crippen molar-refractivity contribution in [3.05, 3.63) is 23.8 Å². The molecule has 0 saturated carbocycles. The Balaban J connectivity index is 2.45. The number of hydrogen-bond acceptors (Lipinski definition) is 3. The van der Waals surface area contributed by atoms with Crippen LogP contribution in [0.4, 0.5) is 0 Å². The molecule has 0 aromatic heterocycles. The topological polar surface area (TPSA) is 26.3 Å². The molecule has 0 spiro atoms. The van der Waals surface area contributed by atoms with Crippen LogP contribution >= 0.6 is 23.4 Å². The molecule has 0 fully saturated rings. The van der Waals surface area contributed by atoms with Crippen molar-refractivity contribution in [1.29, 1.82) is 0 Å². The van der Waals surface area contributed by atoms with Crippen molar-refractivity contribution in [2.45, 2.75) is 4.90 Å². The maximum absolute atomic E-state index is 10.8. The SMILES string of the molecule is O=C(Cl)c1ccc2c(c1)SCO2. The summed E-state index contributed by atoms with van der Waals surface area (Å²) >= 11 is 6.88. The maximum atomic E-state index is 10.8. The minimum absolute atomic E-state index is 0.426. The highest BCUT2D eigenvalue weighted by atomic mass is 35.5. The molecule has 0 atom stereocenters. The van der Waals surface area contributed by atoms with Gasteiger partial charge in [-0.15, -0.1) is 0 Å². The van der Waals surface area contributed by atoms with Crippen LogP contribution in [-0.2, 0) is 0 Å². The van der Waals surface area contributed by atoms with Gasteiger partial charge in [0.25, 0.3) is 5.24 Å². The summed E-state index contributed by atoms with van der Waals surface area (Å²) in [5.41, 5.74) is 0.522. The Labute approximate surface area is 78.9 Å². The average Bonchev–Trinajstić information content (AvgIpc) is 2.49. The molecule has 62 valence electrons. The first-order valence-electron chi connectivity index (χ1n) is 3.37. The minimum Gasteiger partial charge on any atom is -0.481 e. The summed E-state index contributed by atoms with van der Waals surface area (Å²) in [6, 6.07) is 5.19. The van der Waals surface area contributed by atoms with Crippen molar-refractivity contribution in [2.75, 3.05) is 5.94 Å². The molecule has 1 heterocycles. The van der Waals surface area contributed by atoms with Gasteiger partial charge >= 0.3 is 0 Å². The van der Waals surface area contributed by atoms with E-state index in [1.54, 1.807) is 30.0 Å². The highest BCUT2D eigenvalue weighted by molar-refractivity contribution is 7.99. The molecule has 1 aromatic carbocycles. The Bertz CT molecular complexity index is 338. The average molecular weight is 201 g/mol. The molecule has 0 amide bonds. The van der Waals surface area contributed by atoms with E-state index in [2.05, 4.69) is 0 Å². The van der Waals surface area contributed by atoms with E-state index < -0.39 is 5.24 Å². The second-order valence-corrected chi connectivity index (χ2v) is 3.65.